The molecule has 1 fully saturated rings. The Hall–Kier alpha value is -1.69. The average molecular weight is 304 g/mol. The van der Waals surface area contributed by atoms with E-state index in [0.717, 1.165) is 36.3 Å². The number of ether oxygens (including phenoxy) is 1. The van der Waals surface area contributed by atoms with E-state index in [1.165, 1.54) is 0 Å². The Morgan fingerprint density at radius 1 is 1.45 bits per heavy atom. The van der Waals surface area contributed by atoms with E-state index in [4.69, 9.17) is 4.74 Å². The highest BCUT2D eigenvalue weighted by Gasteiger charge is 2.33. The Morgan fingerprint density at radius 3 is 2.95 bits per heavy atom. The molecule has 2 amide bonds. The smallest absolute Gasteiger partial charge is 0.317 e. The largest absolute Gasteiger partial charge is 0.372 e. The first-order chi connectivity index (χ1) is 10.5. The molecule has 1 aromatic heterocycles. The molecule has 2 heterocycles. The monoisotopic (exact) mass is 304 g/mol. The molecule has 1 atom stereocenters. The van der Waals surface area contributed by atoms with Crippen LogP contribution in [0.2, 0.25) is 0 Å². The summed E-state index contributed by atoms with van der Waals surface area (Å²) in [6.07, 6.45) is 4.97. The average Bonchev–Trinajstić information content (AvgIpc) is 2.42. The second kappa shape index (κ2) is 6.20. The molecule has 120 valence electrons. The molecule has 6 nitrogen and oxygen atoms in total. The van der Waals surface area contributed by atoms with Crippen LogP contribution in [0.15, 0.2) is 6.20 Å². The number of amides is 2. The quantitative estimate of drug-likeness (QED) is 0.918. The number of aryl methyl sites for hydroxylation is 2. The molecule has 6 heteroatoms. The van der Waals surface area contributed by atoms with Gasteiger partial charge in [0, 0.05) is 17.9 Å². The molecular weight excluding hydrogens is 280 g/mol. The molecule has 1 aromatic rings. The first-order valence-corrected chi connectivity index (χ1v) is 8.03. The van der Waals surface area contributed by atoms with Crippen molar-refractivity contribution >= 4 is 6.03 Å². The molecule has 1 unspecified atom stereocenters. The van der Waals surface area contributed by atoms with Crippen molar-refractivity contribution in [2.24, 2.45) is 0 Å². The number of rotatable bonds is 3. The lowest BCUT2D eigenvalue weighted by Crippen LogP contribution is -2.59. The maximum Gasteiger partial charge on any atom is 0.317 e. The van der Waals surface area contributed by atoms with Gasteiger partial charge >= 0.3 is 6.03 Å². The van der Waals surface area contributed by atoms with E-state index in [1.807, 2.05) is 31.9 Å². The topological polar surface area (TPSA) is 67.4 Å². The Kier molecular flexibility index (Phi) is 4.29. The van der Waals surface area contributed by atoms with Crippen molar-refractivity contribution in [3.63, 3.8) is 0 Å². The zero-order chi connectivity index (χ0) is 15.7. The lowest BCUT2D eigenvalue weighted by Gasteiger charge is -2.40. The SMILES string of the molecule is Cc1ncc2c(n1)CCC(NC(=O)N1CC(OC(C)C)C1)C2. The van der Waals surface area contributed by atoms with Crippen LogP contribution in [0.3, 0.4) is 0 Å². The fourth-order valence-electron chi connectivity index (χ4n) is 3.07. The van der Waals surface area contributed by atoms with Crippen LogP contribution in [-0.4, -0.2) is 52.2 Å². The fraction of sp³-hybridized carbons (Fsp3) is 0.688. The third kappa shape index (κ3) is 3.38. The highest BCUT2D eigenvalue weighted by Crippen LogP contribution is 2.20. The first kappa shape index (κ1) is 15.2. The number of nitrogens with zero attached hydrogens (tertiary/aromatic N) is 3. The molecule has 22 heavy (non-hydrogen) atoms. The summed E-state index contributed by atoms with van der Waals surface area (Å²) in [5.74, 6) is 0.818. The van der Waals surface area contributed by atoms with Gasteiger partial charge in [0.05, 0.1) is 25.3 Å². The van der Waals surface area contributed by atoms with Crippen LogP contribution in [-0.2, 0) is 17.6 Å². The molecule has 0 bridgehead atoms. The number of carbonyl (C=O) groups is 1. The van der Waals surface area contributed by atoms with Crippen molar-refractivity contribution in [3.05, 3.63) is 23.3 Å². The van der Waals surface area contributed by atoms with Gasteiger partial charge < -0.3 is 15.0 Å². The molecule has 0 aromatic carbocycles. The second-order valence-electron chi connectivity index (χ2n) is 6.49. The maximum atomic E-state index is 12.2. The Morgan fingerprint density at radius 2 is 2.23 bits per heavy atom. The minimum atomic E-state index is 0.0186. The van der Waals surface area contributed by atoms with Gasteiger partial charge in [-0.1, -0.05) is 0 Å². The van der Waals surface area contributed by atoms with Crippen molar-refractivity contribution in [2.75, 3.05) is 13.1 Å². The molecule has 0 spiro atoms. The third-order valence-corrected chi connectivity index (χ3v) is 4.20. The van der Waals surface area contributed by atoms with Gasteiger partial charge in [0.2, 0.25) is 0 Å². The Labute approximate surface area is 131 Å². The van der Waals surface area contributed by atoms with Gasteiger partial charge in [0.1, 0.15) is 5.82 Å². The van der Waals surface area contributed by atoms with Crippen LogP contribution in [0.25, 0.3) is 0 Å². The summed E-state index contributed by atoms with van der Waals surface area (Å²) in [6, 6.07) is 0.196. The van der Waals surface area contributed by atoms with E-state index in [1.54, 1.807) is 0 Å². The van der Waals surface area contributed by atoms with Gasteiger partial charge in [-0.15, -0.1) is 0 Å². The molecule has 0 saturated carbocycles. The molecule has 3 rings (SSSR count). The summed E-state index contributed by atoms with van der Waals surface area (Å²) in [4.78, 5) is 22.8. The number of urea groups is 1. The number of likely N-dealkylation sites (tertiary alicyclic amines) is 1. The molecule has 1 aliphatic carbocycles. The number of carbonyl (C=O) groups excluding carboxylic acids is 1. The third-order valence-electron chi connectivity index (χ3n) is 4.20. The van der Waals surface area contributed by atoms with Crippen molar-refractivity contribution in [2.45, 2.75) is 58.3 Å². The standard InChI is InChI=1S/C16H24N4O2/c1-10(2)22-14-8-20(9-14)16(21)19-13-4-5-15-12(6-13)7-17-11(3)18-15/h7,10,13-14H,4-6,8-9H2,1-3H3,(H,19,21). The van der Waals surface area contributed by atoms with E-state index in [2.05, 4.69) is 15.3 Å². The van der Waals surface area contributed by atoms with Gasteiger partial charge in [-0.3, -0.25) is 0 Å². The van der Waals surface area contributed by atoms with E-state index in [9.17, 15) is 4.79 Å². The predicted octanol–water partition coefficient (Wildman–Crippen LogP) is 1.46. The number of hydrogen-bond donors (Lipinski definition) is 1. The highest BCUT2D eigenvalue weighted by atomic mass is 16.5. The van der Waals surface area contributed by atoms with Crippen LogP contribution >= 0.6 is 0 Å². The predicted molar refractivity (Wildman–Crippen MR) is 82.7 cm³/mol. The lowest BCUT2D eigenvalue weighted by atomic mass is 9.93. The van der Waals surface area contributed by atoms with E-state index in [0.29, 0.717) is 13.1 Å². The summed E-state index contributed by atoms with van der Waals surface area (Å²) in [7, 11) is 0. The van der Waals surface area contributed by atoms with Crippen molar-refractivity contribution in [3.8, 4) is 0 Å². The van der Waals surface area contributed by atoms with Gasteiger partial charge in [-0.25, -0.2) is 14.8 Å². The zero-order valence-electron chi connectivity index (χ0n) is 13.5. The van der Waals surface area contributed by atoms with Gasteiger partial charge in [0.25, 0.3) is 0 Å². The van der Waals surface area contributed by atoms with Crippen LogP contribution in [0.1, 0.15) is 37.4 Å². The molecule has 0 radical (unpaired) electrons. The van der Waals surface area contributed by atoms with Crippen molar-refractivity contribution in [1.82, 2.24) is 20.2 Å². The van der Waals surface area contributed by atoms with Gasteiger partial charge in [0.15, 0.2) is 0 Å². The second-order valence-corrected chi connectivity index (χ2v) is 6.49. The van der Waals surface area contributed by atoms with Crippen LogP contribution in [0, 0.1) is 6.92 Å². The first-order valence-electron chi connectivity index (χ1n) is 8.03. The number of nitrogens with one attached hydrogen (secondary N) is 1. The molecule has 1 N–H and O–H groups in total. The van der Waals surface area contributed by atoms with E-state index >= 15 is 0 Å². The highest BCUT2D eigenvalue weighted by molar-refractivity contribution is 5.75. The number of fused-ring (bicyclic) bond motifs is 1. The molecule has 1 saturated heterocycles. The van der Waals surface area contributed by atoms with E-state index in [-0.39, 0.29) is 24.3 Å². The van der Waals surface area contributed by atoms with Crippen LogP contribution < -0.4 is 5.32 Å². The summed E-state index contributed by atoms with van der Waals surface area (Å²) >= 11 is 0. The summed E-state index contributed by atoms with van der Waals surface area (Å²) in [5.41, 5.74) is 2.29. The summed E-state index contributed by atoms with van der Waals surface area (Å²) in [5, 5.41) is 3.13. The normalized spacial score (nSPS) is 21.5. The van der Waals surface area contributed by atoms with Crippen LogP contribution in [0.5, 0.6) is 0 Å². The van der Waals surface area contributed by atoms with Crippen molar-refractivity contribution < 1.29 is 9.53 Å². The van der Waals surface area contributed by atoms with Crippen LogP contribution in [0.4, 0.5) is 4.79 Å². The van der Waals surface area contributed by atoms with Crippen molar-refractivity contribution in [1.29, 1.82) is 0 Å². The van der Waals surface area contributed by atoms with E-state index < -0.39 is 0 Å². The fourth-order valence-corrected chi connectivity index (χ4v) is 3.07. The Balaban J connectivity index is 1.49. The molecule has 1 aliphatic heterocycles. The minimum Gasteiger partial charge on any atom is -0.372 e. The number of aromatic nitrogens is 2. The summed E-state index contributed by atoms with van der Waals surface area (Å²) < 4.78 is 5.68. The van der Waals surface area contributed by atoms with Gasteiger partial charge in [-0.05, 0) is 45.6 Å². The van der Waals surface area contributed by atoms with Gasteiger partial charge in [-0.2, -0.15) is 0 Å². The maximum absolute atomic E-state index is 12.2. The minimum absolute atomic E-state index is 0.0186. The number of hydrogen-bond acceptors (Lipinski definition) is 4. The molecular formula is C16H24N4O2. The Bertz CT molecular complexity index is 555. The lowest BCUT2D eigenvalue weighted by molar-refractivity contribution is -0.0644. The zero-order valence-corrected chi connectivity index (χ0v) is 13.5. The molecule has 2 aliphatic rings. The summed E-state index contributed by atoms with van der Waals surface area (Å²) in [6.45, 7) is 7.33.